The topological polar surface area (TPSA) is 373 Å². The minimum Gasteiger partial charge on any atom is -0.494 e. The van der Waals surface area contributed by atoms with Crippen LogP contribution in [0.15, 0.2) is 145 Å². The number of unbranched alkanes of at least 4 members (excludes halogenated alkanes) is 3. The summed E-state index contributed by atoms with van der Waals surface area (Å²) in [4.78, 5) is 100. The van der Waals surface area contributed by atoms with Crippen LogP contribution in [0.2, 0.25) is 0 Å². The van der Waals surface area contributed by atoms with Crippen molar-refractivity contribution >= 4 is 89.4 Å². The standard InChI is InChI=1S/C77H86N11O14P/c1-88-37-33-77-58-28-31-63(68(77)102-67-62(96-2)30-21-51(65(67)77)44-61(58)88)101-76(95)60(29-32-64(89)83-34-6-8-38-97-54-22-15-45(16-23-54)74(93)99-56-26-19-47-40-52(69(79)80)13-11-49(47)42-56)86-73(92)66(87-71(90)59(78)10-4-5-36-85-103-3)72(91)84-35-7-9-39-98-55-24-17-46(18-25-55)75(94)100-57-27-20-48-41-53(70(81)82)14-12-50(48)43-57/h11-27,30-31,40-43,58-61,66,68,85H,3-10,28-29,32-39,44,78H2,1-2H3,(H3,79,80)(H3,81,82)(H,83,89)(H,84,91)(H,86,92)(H,87,90)/t58-,59-,60?,61+,66?,68-,77-/m0/s1. The molecule has 0 radical (unpaired) electrons. The van der Waals surface area contributed by atoms with Crippen molar-refractivity contribution in [1.82, 2.24) is 31.3 Å². The second-order valence-corrected chi connectivity index (χ2v) is 26.7. The van der Waals surface area contributed by atoms with E-state index in [1.165, 1.54) is 0 Å². The quantitative estimate of drug-likeness (QED) is 0.00344. The number of likely N-dealkylation sites (tertiary alicyclic amines) is 1. The van der Waals surface area contributed by atoms with Gasteiger partial charge in [-0.2, -0.15) is 0 Å². The summed E-state index contributed by atoms with van der Waals surface area (Å²) in [5.74, 6) is -1.99. The van der Waals surface area contributed by atoms with Gasteiger partial charge < -0.3 is 76.5 Å². The summed E-state index contributed by atoms with van der Waals surface area (Å²) in [6.45, 7) is 2.22. The number of likely N-dealkylation sites (N-methyl/N-ethyl adjacent to an activating group) is 1. The Morgan fingerprint density at radius 3 is 1.78 bits per heavy atom. The van der Waals surface area contributed by atoms with Crippen LogP contribution in [-0.2, 0) is 40.5 Å². The Labute approximate surface area is 598 Å². The van der Waals surface area contributed by atoms with Gasteiger partial charge in [-0.1, -0.05) is 55.2 Å². The zero-order chi connectivity index (χ0) is 72.7. The Balaban J connectivity index is 0.709. The molecule has 1 saturated heterocycles. The largest absolute Gasteiger partial charge is 0.494 e. The smallest absolute Gasteiger partial charge is 0.343 e. The number of carbonyl (C=O) groups is 7. The van der Waals surface area contributed by atoms with Crippen LogP contribution >= 0.6 is 8.35 Å². The molecule has 2 bridgehead atoms. The molecular weight excluding hydrogens is 1330 g/mol. The number of allylic oxidation sites excluding steroid dienone is 1. The number of nitrogens with two attached hydrogens (primary N) is 3. The molecule has 4 amide bonds. The molecule has 4 aliphatic rings. The van der Waals surface area contributed by atoms with Crippen molar-refractivity contribution in [2.24, 2.45) is 23.1 Å². The van der Waals surface area contributed by atoms with Crippen molar-refractivity contribution in [3.05, 3.63) is 179 Å². The average Bonchev–Trinajstić information content (AvgIpc) is 1.55. The Morgan fingerprint density at radius 2 is 1.19 bits per heavy atom. The number of nitrogens with zero attached hydrogens (tertiary/aromatic N) is 1. The monoisotopic (exact) mass is 1420 g/mol. The molecule has 538 valence electrons. The summed E-state index contributed by atoms with van der Waals surface area (Å²) < 4.78 is 42.2. The van der Waals surface area contributed by atoms with Gasteiger partial charge >= 0.3 is 17.9 Å². The van der Waals surface area contributed by atoms with E-state index in [1.807, 2.05) is 12.1 Å². The van der Waals surface area contributed by atoms with Crippen molar-refractivity contribution in [3.8, 4) is 34.5 Å². The molecule has 2 aliphatic heterocycles. The fraction of sp³-hybridized carbons (Fsp3) is 0.351. The molecule has 103 heavy (non-hydrogen) atoms. The third-order valence-corrected chi connectivity index (χ3v) is 19.8. The van der Waals surface area contributed by atoms with Gasteiger partial charge in [0.25, 0.3) is 11.8 Å². The highest BCUT2D eigenvalue weighted by Gasteiger charge is 2.65. The van der Waals surface area contributed by atoms with Gasteiger partial charge in [0.2, 0.25) is 11.8 Å². The van der Waals surface area contributed by atoms with E-state index in [0.29, 0.717) is 121 Å². The number of methoxy groups -OCH3 is 1. The normalized spacial score (nSPS) is 17.8. The van der Waals surface area contributed by atoms with E-state index < -0.39 is 71.2 Å². The molecule has 7 aromatic rings. The first-order chi connectivity index (χ1) is 49.8. The second kappa shape index (κ2) is 33.8. The number of carbonyl (C=O) groups excluding carboxylic acids is 7. The number of hydrogen-bond donors (Lipinski definition) is 10. The molecule has 2 unspecified atom stereocenters. The number of piperidine rings is 1. The third kappa shape index (κ3) is 17.6. The first-order valence-corrected chi connectivity index (χ1v) is 35.6. The minimum atomic E-state index is -1.88. The van der Waals surface area contributed by atoms with E-state index in [9.17, 15) is 33.6 Å². The number of nitrogens with one attached hydrogen (secondary N) is 7. The highest BCUT2D eigenvalue weighted by atomic mass is 31.1. The Bertz CT molecular complexity index is 4400. The second-order valence-electron chi connectivity index (χ2n) is 26.1. The highest BCUT2D eigenvalue weighted by Crippen LogP contribution is 2.64. The van der Waals surface area contributed by atoms with Crippen molar-refractivity contribution in [3.63, 3.8) is 0 Å². The maximum Gasteiger partial charge on any atom is 0.343 e. The molecule has 7 aromatic carbocycles. The van der Waals surface area contributed by atoms with Crippen molar-refractivity contribution in [2.75, 3.05) is 53.6 Å². The Hall–Kier alpha value is -10.7. The Morgan fingerprint density at radius 1 is 0.641 bits per heavy atom. The zero-order valence-electron chi connectivity index (χ0n) is 57.5. The third-order valence-electron chi connectivity index (χ3n) is 19.4. The van der Waals surface area contributed by atoms with Gasteiger partial charge in [0.15, 0.2) is 23.6 Å². The summed E-state index contributed by atoms with van der Waals surface area (Å²) in [5.41, 5.74) is 21.1. The molecule has 1 fully saturated rings. The lowest BCUT2D eigenvalue weighted by molar-refractivity contribution is -0.148. The minimum absolute atomic E-state index is 0.0420. The fourth-order valence-electron chi connectivity index (χ4n) is 13.9. The van der Waals surface area contributed by atoms with Crippen molar-refractivity contribution < 1.29 is 66.7 Å². The maximum atomic E-state index is 14.9. The van der Waals surface area contributed by atoms with E-state index >= 15 is 0 Å². The average molecular weight is 1420 g/mol. The lowest BCUT2D eigenvalue weighted by Crippen LogP contribution is -2.63. The molecule has 2 aliphatic carbocycles. The van der Waals surface area contributed by atoms with Crippen LogP contribution in [-0.4, -0.2) is 148 Å². The summed E-state index contributed by atoms with van der Waals surface area (Å²) in [7, 11) is 4.47. The predicted octanol–water partition coefficient (Wildman–Crippen LogP) is 7.80. The van der Waals surface area contributed by atoms with Gasteiger partial charge in [0.05, 0.1) is 37.5 Å². The van der Waals surface area contributed by atoms with E-state index in [0.717, 1.165) is 54.0 Å². The van der Waals surface area contributed by atoms with E-state index in [-0.39, 0.29) is 68.3 Å². The van der Waals surface area contributed by atoms with Crippen molar-refractivity contribution in [2.45, 2.75) is 113 Å². The van der Waals surface area contributed by atoms with Crippen LogP contribution in [0.25, 0.3) is 21.5 Å². The number of rotatable bonds is 35. The Kier molecular flexibility index (Phi) is 24.1. The predicted molar refractivity (Wildman–Crippen MR) is 391 cm³/mol. The molecule has 0 aromatic heterocycles. The van der Waals surface area contributed by atoms with Crippen LogP contribution in [0.1, 0.15) is 114 Å². The number of amidine groups is 2. The number of nitrogen functional groups attached to an aromatic ring is 2. The fourth-order valence-corrected chi connectivity index (χ4v) is 14.2. The number of ether oxygens (including phenoxy) is 7. The first-order valence-electron chi connectivity index (χ1n) is 34.6. The van der Waals surface area contributed by atoms with Crippen LogP contribution in [0.3, 0.4) is 0 Å². The molecule has 13 N–H and O–H groups in total. The molecule has 2 heterocycles. The van der Waals surface area contributed by atoms with E-state index in [1.54, 1.807) is 128 Å². The van der Waals surface area contributed by atoms with Gasteiger partial charge in [0, 0.05) is 54.2 Å². The number of benzene rings is 7. The van der Waals surface area contributed by atoms with E-state index in [4.69, 9.17) is 61.2 Å². The van der Waals surface area contributed by atoms with Gasteiger partial charge in [-0.05, 0) is 216 Å². The zero-order valence-corrected chi connectivity index (χ0v) is 58.4. The van der Waals surface area contributed by atoms with Crippen LogP contribution in [0.4, 0.5) is 0 Å². The maximum absolute atomic E-state index is 14.9. The molecule has 7 atom stereocenters. The van der Waals surface area contributed by atoms with Gasteiger partial charge in [-0.25, -0.2) is 14.4 Å². The SMILES string of the molecule is C=PNCCCC[C@H](N)C(=O)NC(C(=O)NCCCCOc1ccc(C(=O)Oc2ccc3cc(C(=N)N)ccc3c2)cc1)C(=O)NC(CCC(=O)NCCCCOc1ccc(C(=O)Oc2ccc3cc(C(=N)N)ccc3c2)cc1)C(=O)OC1=CC[C@H]2[C@H]3Cc4ccc(OC)c5c4[C@@]2(CCN3C)[C@H]1O5. The van der Waals surface area contributed by atoms with Crippen LogP contribution in [0.5, 0.6) is 34.5 Å². The van der Waals surface area contributed by atoms with E-state index in [2.05, 4.69) is 50.7 Å². The van der Waals surface area contributed by atoms with Gasteiger partial charge in [0.1, 0.15) is 46.5 Å². The summed E-state index contributed by atoms with van der Waals surface area (Å²) in [5, 5.41) is 32.7. The number of hydrogen-bond acceptors (Lipinski definition) is 19. The first kappa shape index (κ1) is 73.5. The van der Waals surface area contributed by atoms with Crippen LogP contribution in [0, 0.1) is 16.7 Å². The summed E-state index contributed by atoms with van der Waals surface area (Å²) in [6, 6.07) is 33.6. The number of fused-ring (bicyclic) bond motifs is 2. The highest BCUT2D eigenvalue weighted by molar-refractivity contribution is 7.34. The molecule has 25 nitrogen and oxygen atoms in total. The van der Waals surface area contributed by atoms with Gasteiger partial charge in [-0.15, -0.1) is 0 Å². The lowest BCUT2D eigenvalue weighted by atomic mass is 9.53. The lowest BCUT2D eigenvalue weighted by Gasteiger charge is -2.56. The molecule has 0 saturated carbocycles. The molecule has 26 heteroatoms. The summed E-state index contributed by atoms with van der Waals surface area (Å²) >= 11 is 0. The molecular formula is C77H86N11O14P. The number of amides is 4. The molecule has 1 spiro atoms. The van der Waals surface area contributed by atoms with Crippen LogP contribution < -0.4 is 72.0 Å². The van der Waals surface area contributed by atoms with Gasteiger partial charge in [-0.3, -0.25) is 35.1 Å². The summed E-state index contributed by atoms with van der Waals surface area (Å²) in [6.07, 6.45) is 9.83. The van der Waals surface area contributed by atoms with Crippen molar-refractivity contribution in [1.29, 1.82) is 10.8 Å². The molecule has 11 rings (SSSR count). The number of esters is 3.